The maximum absolute atomic E-state index is 12.1. The van der Waals surface area contributed by atoms with Crippen LogP contribution in [0.4, 0.5) is 0 Å². The number of ether oxygens (including phenoxy) is 2. The summed E-state index contributed by atoms with van der Waals surface area (Å²) in [5.41, 5.74) is 0. The Hall–Kier alpha value is -0.370. The molecule has 0 aliphatic carbocycles. The maximum Gasteiger partial charge on any atom is 0.240 e. The largest absolute Gasteiger partial charge is 0.348 e. The Morgan fingerprint density at radius 2 is 1.90 bits per heavy atom. The summed E-state index contributed by atoms with van der Waals surface area (Å²) in [4.78, 5) is 0.0744. The summed E-state index contributed by atoms with van der Waals surface area (Å²) >= 11 is 11.6. The van der Waals surface area contributed by atoms with Gasteiger partial charge in [0.1, 0.15) is 0 Å². The topological polar surface area (TPSA) is 64.6 Å². The van der Waals surface area contributed by atoms with E-state index in [1.807, 2.05) is 0 Å². The van der Waals surface area contributed by atoms with Crippen molar-refractivity contribution in [2.24, 2.45) is 0 Å². The lowest BCUT2D eigenvalue weighted by Gasteiger charge is -2.22. The van der Waals surface area contributed by atoms with Crippen LogP contribution in [0.25, 0.3) is 0 Å². The van der Waals surface area contributed by atoms with Crippen molar-refractivity contribution in [2.45, 2.75) is 24.0 Å². The fraction of sp³-hybridized carbons (Fsp3) is 0.500. The van der Waals surface area contributed by atoms with Gasteiger partial charge in [-0.15, -0.1) is 0 Å². The molecular formula is C12H15Cl2NO4S. The highest BCUT2D eigenvalue weighted by atomic mass is 35.5. The highest BCUT2D eigenvalue weighted by Crippen LogP contribution is 2.25. The van der Waals surface area contributed by atoms with Gasteiger partial charge < -0.3 is 9.47 Å². The normalized spacial score (nSPS) is 18.4. The van der Waals surface area contributed by atoms with Crippen LogP contribution in [0.5, 0.6) is 0 Å². The molecule has 0 spiro atoms. The summed E-state index contributed by atoms with van der Waals surface area (Å²) in [6.45, 7) is 3.04. The number of sulfonamides is 1. The van der Waals surface area contributed by atoms with Crippen molar-refractivity contribution in [3.63, 3.8) is 0 Å². The lowest BCUT2D eigenvalue weighted by Crippen LogP contribution is -2.33. The van der Waals surface area contributed by atoms with E-state index in [4.69, 9.17) is 32.7 Å². The van der Waals surface area contributed by atoms with E-state index in [2.05, 4.69) is 4.72 Å². The average Bonchev–Trinajstić information content (AvgIpc) is 2.79. The zero-order valence-electron chi connectivity index (χ0n) is 10.9. The highest BCUT2D eigenvalue weighted by Gasteiger charge is 2.30. The quantitative estimate of drug-likeness (QED) is 0.894. The van der Waals surface area contributed by atoms with Crippen molar-refractivity contribution in [3.05, 3.63) is 28.2 Å². The molecule has 0 amide bonds. The van der Waals surface area contributed by atoms with Crippen LogP contribution in [-0.4, -0.2) is 34.0 Å². The molecule has 1 aliphatic heterocycles. The van der Waals surface area contributed by atoms with Crippen LogP contribution >= 0.6 is 23.2 Å². The highest BCUT2D eigenvalue weighted by molar-refractivity contribution is 7.89. The molecule has 1 aromatic carbocycles. The SMILES string of the molecule is CC1(CCNS(=O)(=O)c2ccc(Cl)c(Cl)c2)OCCO1. The lowest BCUT2D eigenvalue weighted by atomic mass is 10.2. The van der Waals surface area contributed by atoms with Crippen molar-refractivity contribution >= 4 is 33.2 Å². The fourth-order valence-electron chi connectivity index (χ4n) is 1.84. The lowest BCUT2D eigenvalue weighted by molar-refractivity contribution is -0.145. The van der Waals surface area contributed by atoms with Gasteiger partial charge in [-0.1, -0.05) is 23.2 Å². The van der Waals surface area contributed by atoms with Crippen molar-refractivity contribution in [1.82, 2.24) is 4.72 Å². The number of hydrogen-bond donors (Lipinski definition) is 1. The van der Waals surface area contributed by atoms with Crippen molar-refractivity contribution in [2.75, 3.05) is 19.8 Å². The van der Waals surface area contributed by atoms with Gasteiger partial charge in [0.15, 0.2) is 5.79 Å². The molecule has 0 unspecified atom stereocenters. The van der Waals surface area contributed by atoms with Crippen LogP contribution in [0.15, 0.2) is 23.1 Å². The van der Waals surface area contributed by atoms with Crippen molar-refractivity contribution < 1.29 is 17.9 Å². The molecule has 1 heterocycles. The van der Waals surface area contributed by atoms with Gasteiger partial charge in [-0.2, -0.15) is 0 Å². The summed E-state index contributed by atoms with van der Waals surface area (Å²) < 4.78 is 37.4. The zero-order chi connectivity index (χ0) is 14.8. The molecule has 5 nitrogen and oxygen atoms in total. The molecule has 8 heteroatoms. The standard InChI is InChI=1S/C12H15Cl2NO4S/c1-12(18-6-7-19-12)4-5-15-20(16,17)9-2-3-10(13)11(14)8-9/h2-3,8,15H,4-7H2,1H3. The fourth-order valence-corrected chi connectivity index (χ4v) is 3.26. The number of nitrogens with one attached hydrogen (secondary N) is 1. The molecule has 1 aliphatic rings. The first-order valence-corrected chi connectivity index (χ1v) is 8.29. The Kier molecular flexibility index (Phi) is 4.94. The van der Waals surface area contributed by atoms with Gasteiger partial charge in [0.25, 0.3) is 0 Å². The van der Waals surface area contributed by atoms with E-state index >= 15 is 0 Å². The zero-order valence-corrected chi connectivity index (χ0v) is 13.2. The van der Waals surface area contributed by atoms with Crippen LogP contribution < -0.4 is 4.72 Å². The molecule has 112 valence electrons. The Morgan fingerprint density at radius 1 is 1.25 bits per heavy atom. The van der Waals surface area contributed by atoms with E-state index < -0.39 is 15.8 Å². The second-order valence-electron chi connectivity index (χ2n) is 4.55. The molecule has 1 N–H and O–H groups in total. The smallest absolute Gasteiger partial charge is 0.240 e. The van der Waals surface area contributed by atoms with E-state index in [1.54, 1.807) is 6.92 Å². The van der Waals surface area contributed by atoms with Gasteiger partial charge >= 0.3 is 0 Å². The summed E-state index contributed by atoms with van der Waals surface area (Å²) in [5.74, 6) is -0.722. The molecule has 0 radical (unpaired) electrons. The molecule has 0 saturated carbocycles. The molecule has 2 rings (SSSR count). The second kappa shape index (κ2) is 6.17. The van der Waals surface area contributed by atoms with E-state index in [0.717, 1.165) is 0 Å². The first-order chi connectivity index (χ1) is 9.32. The number of rotatable bonds is 5. The monoisotopic (exact) mass is 339 g/mol. The maximum atomic E-state index is 12.1. The molecule has 0 atom stereocenters. The molecule has 0 aromatic heterocycles. The molecular weight excluding hydrogens is 325 g/mol. The van der Waals surface area contributed by atoms with E-state index in [1.165, 1.54) is 18.2 Å². The van der Waals surface area contributed by atoms with Crippen LogP contribution in [0.3, 0.4) is 0 Å². The minimum atomic E-state index is -3.62. The van der Waals surface area contributed by atoms with E-state index in [9.17, 15) is 8.42 Å². The molecule has 1 saturated heterocycles. The second-order valence-corrected chi connectivity index (χ2v) is 7.14. The van der Waals surface area contributed by atoms with Crippen LogP contribution in [-0.2, 0) is 19.5 Å². The predicted molar refractivity (Wildman–Crippen MR) is 76.6 cm³/mol. The van der Waals surface area contributed by atoms with Gasteiger partial charge in [-0.25, -0.2) is 13.1 Å². The Balaban J connectivity index is 1.98. The summed E-state index contributed by atoms with van der Waals surface area (Å²) in [5, 5.41) is 0.509. The Bertz CT molecular complexity index is 585. The van der Waals surface area contributed by atoms with Gasteiger partial charge in [-0.3, -0.25) is 0 Å². The number of halogens is 2. The van der Waals surface area contributed by atoms with Crippen LogP contribution in [0.1, 0.15) is 13.3 Å². The summed E-state index contributed by atoms with van der Waals surface area (Å²) in [6, 6.07) is 4.17. The predicted octanol–water partition coefficient (Wildman–Crippen LogP) is 2.42. The van der Waals surface area contributed by atoms with Crippen LogP contribution in [0, 0.1) is 0 Å². The summed E-state index contributed by atoms with van der Waals surface area (Å²) in [6.07, 6.45) is 0.424. The molecule has 20 heavy (non-hydrogen) atoms. The molecule has 1 fully saturated rings. The van der Waals surface area contributed by atoms with Crippen LogP contribution in [0.2, 0.25) is 10.0 Å². The van der Waals surface area contributed by atoms with Crippen molar-refractivity contribution in [3.8, 4) is 0 Å². The Labute approximate surface area is 128 Å². The van der Waals surface area contributed by atoms with E-state index in [0.29, 0.717) is 24.7 Å². The molecule has 1 aromatic rings. The minimum absolute atomic E-state index is 0.0744. The van der Waals surface area contributed by atoms with E-state index in [-0.39, 0.29) is 16.5 Å². The first-order valence-electron chi connectivity index (χ1n) is 6.05. The third-order valence-electron chi connectivity index (χ3n) is 2.97. The van der Waals surface area contributed by atoms with Gasteiger partial charge in [0, 0.05) is 13.0 Å². The first kappa shape index (κ1) is 16.0. The van der Waals surface area contributed by atoms with Crippen molar-refractivity contribution in [1.29, 1.82) is 0 Å². The number of hydrogen-bond acceptors (Lipinski definition) is 4. The van der Waals surface area contributed by atoms with Gasteiger partial charge in [0.2, 0.25) is 10.0 Å². The average molecular weight is 340 g/mol. The molecule has 0 bridgehead atoms. The van der Waals surface area contributed by atoms with Gasteiger partial charge in [-0.05, 0) is 25.1 Å². The number of benzene rings is 1. The van der Waals surface area contributed by atoms with Gasteiger partial charge in [0.05, 0.1) is 28.2 Å². The third-order valence-corrected chi connectivity index (χ3v) is 5.17. The summed E-state index contributed by atoms with van der Waals surface area (Å²) in [7, 11) is -3.62. The Morgan fingerprint density at radius 3 is 2.50 bits per heavy atom. The minimum Gasteiger partial charge on any atom is -0.348 e. The third kappa shape index (κ3) is 3.84.